The zero-order valence-corrected chi connectivity index (χ0v) is 11.2. The van der Waals surface area contributed by atoms with Crippen LogP contribution in [0.3, 0.4) is 0 Å². The molecule has 0 bridgehead atoms. The number of nitrogens with one attached hydrogen (secondary N) is 2. The number of amides is 1. The maximum absolute atomic E-state index is 12.0. The lowest BCUT2D eigenvalue weighted by Crippen LogP contribution is -2.12. The number of carbonyl (C=O) groups is 1. The van der Waals surface area contributed by atoms with Crippen LogP contribution in [0.15, 0.2) is 30.5 Å². The Hall–Kier alpha value is -2.34. The molecule has 1 heterocycles. The van der Waals surface area contributed by atoms with Crippen LogP contribution in [-0.4, -0.2) is 34.2 Å². The van der Waals surface area contributed by atoms with Gasteiger partial charge in [0.1, 0.15) is 23.9 Å². The summed E-state index contributed by atoms with van der Waals surface area (Å²) in [6.45, 7) is 2.18. The Labute approximate surface area is 116 Å². The number of anilines is 1. The summed E-state index contributed by atoms with van der Waals surface area (Å²) in [5.74, 6) is 1.19. The van der Waals surface area contributed by atoms with E-state index in [0.29, 0.717) is 17.1 Å². The second kappa shape index (κ2) is 6.72. The summed E-state index contributed by atoms with van der Waals surface area (Å²) in [6.07, 6.45) is 2.27. The molecule has 1 aromatic heterocycles. The molecule has 3 N–H and O–H groups in total. The molecule has 1 amide bonds. The van der Waals surface area contributed by atoms with Gasteiger partial charge in [0.15, 0.2) is 0 Å². The molecule has 0 aliphatic rings. The van der Waals surface area contributed by atoms with E-state index in [2.05, 4.69) is 15.3 Å². The Morgan fingerprint density at radius 3 is 2.75 bits per heavy atom. The number of hydrogen-bond acceptors (Lipinski definition) is 4. The second-order valence-electron chi connectivity index (χ2n) is 4.15. The van der Waals surface area contributed by atoms with Crippen molar-refractivity contribution in [2.45, 2.75) is 13.3 Å². The van der Waals surface area contributed by atoms with Crippen molar-refractivity contribution >= 4 is 11.6 Å². The molecule has 0 unspecified atom stereocenters. The maximum atomic E-state index is 12.0. The van der Waals surface area contributed by atoms with Crippen molar-refractivity contribution in [3.63, 3.8) is 0 Å². The van der Waals surface area contributed by atoms with Gasteiger partial charge in [-0.05, 0) is 24.3 Å². The Balaban J connectivity index is 1.97. The maximum Gasteiger partial charge on any atom is 0.273 e. The number of rotatable bonds is 6. The van der Waals surface area contributed by atoms with Crippen LogP contribution in [0.1, 0.15) is 23.2 Å². The number of aromatic nitrogens is 2. The first kappa shape index (κ1) is 14.1. The van der Waals surface area contributed by atoms with Gasteiger partial charge in [0.2, 0.25) is 0 Å². The summed E-state index contributed by atoms with van der Waals surface area (Å²) in [4.78, 5) is 19.0. The van der Waals surface area contributed by atoms with Crippen LogP contribution >= 0.6 is 0 Å². The quantitative estimate of drug-likeness (QED) is 0.747. The van der Waals surface area contributed by atoms with Gasteiger partial charge in [-0.25, -0.2) is 4.98 Å². The number of imidazole rings is 1. The number of aryl methyl sites for hydroxylation is 1. The van der Waals surface area contributed by atoms with Gasteiger partial charge in [0.05, 0.1) is 12.8 Å². The van der Waals surface area contributed by atoms with Gasteiger partial charge >= 0.3 is 0 Å². The van der Waals surface area contributed by atoms with Gasteiger partial charge in [-0.1, -0.05) is 6.92 Å². The number of benzene rings is 1. The van der Waals surface area contributed by atoms with Gasteiger partial charge in [0.25, 0.3) is 5.91 Å². The smallest absolute Gasteiger partial charge is 0.273 e. The summed E-state index contributed by atoms with van der Waals surface area (Å²) in [5.41, 5.74) is 1.10. The van der Waals surface area contributed by atoms with Gasteiger partial charge < -0.3 is 20.1 Å². The molecular formula is C14H17N3O3. The minimum atomic E-state index is -0.235. The third-order valence-corrected chi connectivity index (χ3v) is 2.68. The van der Waals surface area contributed by atoms with Crippen LogP contribution in [0, 0.1) is 0 Å². The molecule has 0 aliphatic carbocycles. The first-order valence-electron chi connectivity index (χ1n) is 6.42. The van der Waals surface area contributed by atoms with Crippen molar-refractivity contribution in [1.82, 2.24) is 9.97 Å². The van der Waals surface area contributed by atoms with Crippen LogP contribution in [0.2, 0.25) is 0 Å². The number of carbonyl (C=O) groups excluding carboxylic acids is 1. The molecule has 2 aromatic rings. The molecule has 6 heteroatoms. The zero-order chi connectivity index (χ0) is 14.4. The predicted octanol–water partition coefficient (Wildman–Crippen LogP) is 1.60. The van der Waals surface area contributed by atoms with Crippen molar-refractivity contribution in [1.29, 1.82) is 0 Å². The topological polar surface area (TPSA) is 87.2 Å². The fourth-order valence-electron chi connectivity index (χ4n) is 1.65. The molecule has 2 rings (SSSR count). The number of hydrogen-bond donors (Lipinski definition) is 3. The van der Waals surface area contributed by atoms with Gasteiger partial charge in [0, 0.05) is 12.1 Å². The van der Waals surface area contributed by atoms with E-state index in [1.165, 1.54) is 6.20 Å². The molecular weight excluding hydrogens is 258 g/mol. The molecule has 0 saturated carbocycles. The summed E-state index contributed by atoms with van der Waals surface area (Å²) in [5, 5.41) is 11.4. The zero-order valence-electron chi connectivity index (χ0n) is 11.2. The van der Waals surface area contributed by atoms with E-state index in [0.717, 1.165) is 12.2 Å². The average molecular weight is 275 g/mol. The summed E-state index contributed by atoms with van der Waals surface area (Å²) < 4.78 is 5.24. The lowest BCUT2D eigenvalue weighted by atomic mass is 10.3. The standard InChI is InChI=1S/C14H17N3O3/c1-2-13-15-9-12(17-13)14(19)16-10-3-5-11(6-4-10)20-8-7-18/h3-6,9,18H,2,7-8H2,1H3,(H,15,17)(H,16,19). The second-order valence-corrected chi connectivity index (χ2v) is 4.15. The number of aliphatic hydroxyl groups excluding tert-OH is 1. The van der Waals surface area contributed by atoms with Gasteiger partial charge in [-0.15, -0.1) is 0 Å². The van der Waals surface area contributed by atoms with Gasteiger partial charge in [-0.2, -0.15) is 0 Å². The SMILES string of the molecule is CCc1ncc(C(=O)Nc2ccc(OCCO)cc2)[nH]1. The van der Waals surface area contributed by atoms with Crippen LogP contribution < -0.4 is 10.1 Å². The fourth-order valence-corrected chi connectivity index (χ4v) is 1.65. The van der Waals surface area contributed by atoms with E-state index in [1.807, 2.05) is 6.92 Å². The van der Waals surface area contributed by atoms with Crippen LogP contribution in [0.5, 0.6) is 5.75 Å². The van der Waals surface area contributed by atoms with Crippen molar-refractivity contribution in [2.75, 3.05) is 18.5 Å². The lowest BCUT2D eigenvalue weighted by Gasteiger charge is -2.06. The minimum absolute atomic E-state index is 0.0297. The molecule has 0 radical (unpaired) electrons. The number of aliphatic hydroxyl groups is 1. The summed E-state index contributed by atoms with van der Waals surface area (Å²) in [6, 6.07) is 6.94. The van der Waals surface area contributed by atoms with Gasteiger partial charge in [-0.3, -0.25) is 4.79 Å². The molecule has 0 atom stereocenters. The molecule has 0 fully saturated rings. The third-order valence-electron chi connectivity index (χ3n) is 2.68. The Kier molecular flexibility index (Phi) is 4.73. The Bertz CT molecular complexity index is 563. The molecule has 0 spiro atoms. The first-order valence-corrected chi connectivity index (χ1v) is 6.42. The van der Waals surface area contributed by atoms with Crippen molar-refractivity contribution < 1.29 is 14.6 Å². The molecule has 20 heavy (non-hydrogen) atoms. The van der Waals surface area contributed by atoms with Crippen molar-refractivity contribution in [3.05, 3.63) is 42.0 Å². The van der Waals surface area contributed by atoms with Crippen LogP contribution in [-0.2, 0) is 6.42 Å². The highest BCUT2D eigenvalue weighted by molar-refractivity contribution is 6.02. The largest absolute Gasteiger partial charge is 0.491 e. The van der Waals surface area contributed by atoms with E-state index in [-0.39, 0.29) is 19.1 Å². The highest BCUT2D eigenvalue weighted by atomic mass is 16.5. The van der Waals surface area contributed by atoms with Crippen LogP contribution in [0.25, 0.3) is 0 Å². The number of H-pyrrole nitrogens is 1. The van der Waals surface area contributed by atoms with Crippen molar-refractivity contribution in [3.8, 4) is 5.75 Å². The molecule has 1 aromatic carbocycles. The van der Waals surface area contributed by atoms with E-state index in [1.54, 1.807) is 24.3 Å². The number of ether oxygens (including phenoxy) is 1. The summed E-state index contributed by atoms with van der Waals surface area (Å²) >= 11 is 0. The Morgan fingerprint density at radius 2 is 2.15 bits per heavy atom. The number of aromatic amines is 1. The molecule has 6 nitrogen and oxygen atoms in total. The van der Waals surface area contributed by atoms with E-state index in [4.69, 9.17) is 9.84 Å². The summed E-state index contributed by atoms with van der Waals surface area (Å²) in [7, 11) is 0. The fraction of sp³-hybridized carbons (Fsp3) is 0.286. The molecule has 0 aliphatic heterocycles. The molecule has 0 saturated heterocycles. The van der Waals surface area contributed by atoms with Crippen molar-refractivity contribution in [2.24, 2.45) is 0 Å². The third kappa shape index (κ3) is 3.58. The average Bonchev–Trinajstić information content (AvgIpc) is 2.95. The number of nitrogens with zero attached hydrogens (tertiary/aromatic N) is 1. The predicted molar refractivity (Wildman–Crippen MR) is 74.9 cm³/mol. The van der Waals surface area contributed by atoms with E-state index < -0.39 is 0 Å². The lowest BCUT2D eigenvalue weighted by molar-refractivity contribution is 0.102. The molecule has 106 valence electrons. The normalized spacial score (nSPS) is 10.3. The highest BCUT2D eigenvalue weighted by Gasteiger charge is 2.09. The van der Waals surface area contributed by atoms with Crippen LogP contribution in [0.4, 0.5) is 5.69 Å². The van der Waals surface area contributed by atoms with E-state index >= 15 is 0 Å². The first-order chi connectivity index (χ1) is 9.72. The minimum Gasteiger partial charge on any atom is -0.491 e. The monoisotopic (exact) mass is 275 g/mol. The Morgan fingerprint density at radius 1 is 1.40 bits per heavy atom. The highest BCUT2D eigenvalue weighted by Crippen LogP contribution is 2.16. The van der Waals surface area contributed by atoms with E-state index in [9.17, 15) is 4.79 Å².